The van der Waals surface area contributed by atoms with Gasteiger partial charge in [0.2, 0.25) is 6.35 Å². The topological polar surface area (TPSA) is 131 Å². The highest BCUT2D eigenvalue weighted by Gasteiger charge is 2.21. The number of hydrogen-bond acceptors (Lipinski definition) is 4. The minimum Gasteiger partial charge on any atom is -0.376 e. The van der Waals surface area contributed by atoms with E-state index in [0.717, 1.165) is 0 Å². The van der Waals surface area contributed by atoms with Crippen LogP contribution in [-0.2, 0) is 4.74 Å². The van der Waals surface area contributed by atoms with E-state index < -0.39 is 25.1 Å². The number of hydrogen-bond donors (Lipinski definition) is 4. The smallest absolute Gasteiger partial charge is 0.320 e. The van der Waals surface area contributed by atoms with Crippen molar-refractivity contribution in [2.24, 2.45) is 11.5 Å². The van der Waals surface area contributed by atoms with Crippen molar-refractivity contribution in [3.8, 4) is 0 Å². The van der Waals surface area contributed by atoms with Crippen molar-refractivity contribution in [3.05, 3.63) is 0 Å². The highest BCUT2D eigenvalue weighted by atomic mass is 16.5. The number of nitrogens with zero attached hydrogens (tertiary/aromatic N) is 1. The predicted molar refractivity (Wildman–Crippen MR) is 42.0 cm³/mol. The molecule has 0 radical (unpaired) electrons. The summed E-state index contributed by atoms with van der Waals surface area (Å²) < 4.78 is 4.63. The second-order valence-electron chi connectivity index (χ2n) is 2.05. The summed E-state index contributed by atoms with van der Waals surface area (Å²) in [6.45, 7) is -0.686. The third kappa shape index (κ3) is 3.58. The summed E-state index contributed by atoms with van der Waals surface area (Å²) in [5, 5.41) is 10.7. The Balaban J connectivity index is 4.33. The van der Waals surface area contributed by atoms with Crippen LogP contribution < -0.4 is 16.8 Å². The molecule has 0 aromatic heterocycles. The van der Waals surface area contributed by atoms with Gasteiger partial charge in [0.25, 0.3) is 0 Å². The van der Waals surface area contributed by atoms with Crippen molar-refractivity contribution in [3.63, 3.8) is 0 Å². The van der Waals surface area contributed by atoms with Gasteiger partial charge in [-0.15, -0.1) is 0 Å². The number of urea groups is 2. The molecule has 6 N–H and O–H groups in total. The summed E-state index contributed by atoms with van der Waals surface area (Å²) >= 11 is 0. The van der Waals surface area contributed by atoms with Crippen LogP contribution >= 0.6 is 0 Å². The van der Waals surface area contributed by atoms with Crippen molar-refractivity contribution in [1.29, 1.82) is 0 Å². The average Bonchev–Trinajstić information content (AvgIpc) is 2.02. The molecule has 8 nitrogen and oxygen atoms in total. The van der Waals surface area contributed by atoms with Gasteiger partial charge in [-0.25, -0.2) is 9.59 Å². The number of primary amides is 2. The third-order valence-corrected chi connectivity index (χ3v) is 1.21. The second-order valence-corrected chi connectivity index (χ2v) is 2.05. The molecule has 0 aliphatic rings. The van der Waals surface area contributed by atoms with E-state index in [2.05, 4.69) is 4.74 Å². The van der Waals surface area contributed by atoms with E-state index in [4.69, 9.17) is 16.6 Å². The summed E-state index contributed by atoms with van der Waals surface area (Å²) in [7, 11) is 1.21. The van der Waals surface area contributed by atoms with Crippen LogP contribution in [0.25, 0.3) is 0 Å². The molecule has 0 fully saturated rings. The minimum atomic E-state index is -1.17. The highest BCUT2D eigenvalue weighted by Crippen LogP contribution is 1.94. The maximum Gasteiger partial charge on any atom is 0.320 e. The summed E-state index contributed by atoms with van der Waals surface area (Å²) in [5.41, 5.74) is 9.63. The molecule has 0 aliphatic heterocycles. The Morgan fingerprint density at radius 1 is 1.62 bits per heavy atom. The van der Waals surface area contributed by atoms with E-state index in [1.165, 1.54) is 7.11 Å². The van der Waals surface area contributed by atoms with Gasteiger partial charge in [-0.05, 0) is 0 Å². The van der Waals surface area contributed by atoms with E-state index in [9.17, 15) is 9.59 Å². The van der Waals surface area contributed by atoms with Crippen LogP contribution in [0.2, 0.25) is 0 Å². The molecule has 0 aliphatic carbocycles. The van der Waals surface area contributed by atoms with E-state index >= 15 is 0 Å². The Morgan fingerprint density at radius 3 is 2.38 bits per heavy atom. The van der Waals surface area contributed by atoms with Crippen LogP contribution in [-0.4, -0.2) is 42.3 Å². The normalized spacial score (nSPS) is 11.8. The van der Waals surface area contributed by atoms with Gasteiger partial charge in [0.1, 0.15) is 6.73 Å². The van der Waals surface area contributed by atoms with Gasteiger partial charge in [0.05, 0.1) is 0 Å². The number of methoxy groups -OCH3 is 1. The van der Waals surface area contributed by atoms with Crippen molar-refractivity contribution in [2.75, 3.05) is 13.8 Å². The molecule has 76 valence electrons. The molecule has 0 aromatic carbocycles. The van der Waals surface area contributed by atoms with Crippen LogP contribution in [0.5, 0.6) is 0 Å². The van der Waals surface area contributed by atoms with Crippen molar-refractivity contribution < 1.29 is 19.4 Å². The zero-order valence-corrected chi connectivity index (χ0v) is 7.06. The summed E-state index contributed by atoms with van der Waals surface area (Å²) in [4.78, 5) is 21.7. The van der Waals surface area contributed by atoms with Crippen molar-refractivity contribution in [2.45, 2.75) is 6.35 Å². The maximum absolute atomic E-state index is 10.6. The Bertz CT molecular complexity index is 197. The van der Waals surface area contributed by atoms with E-state index in [0.29, 0.717) is 4.90 Å². The molecule has 0 aromatic rings. The molecule has 0 bridgehead atoms. The van der Waals surface area contributed by atoms with Crippen LogP contribution in [0.1, 0.15) is 0 Å². The number of aliphatic hydroxyl groups is 1. The van der Waals surface area contributed by atoms with Gasteiger partial charge in [-0.2, -0.15) is 0 Å². The fourth-order valence-corrected chi connectivity index (χ4v) is 0.645. The van der Waals surface area contributed by atoms with Gasteiger partial charge >= 0.3 is 12.1 Å². The quantitative estimate of drug-likeness (QED) is 0.380. The van der Waals surface area contributed by atoms with Crippen LogP contribution in [0.15, 0.2) is 0 Å². The van der Waals surface area contributed by atoms with Crippen LogP contribution in [0, 0.1) is 0 Å². The Labute approximate surface area is 74.4 Å². The molecule has 1 unspecified atom stereocenters. The second kappa shape index (κ2) is 5.17. The summed E-state index contributed by atoms with van der Waals surface area (Å²) in [6, 6.07) is -1.84. The molecular weight excluding hydrogens is 180 g/mol. The first-order chi connectivity index (χ1) is 6.02. The summed E-state index contributed by atoms with van der Waals surface area (Å²) in [6.07, 6.45) is -1.17. The molecule has 0 saturated heterocycles. The molecule has 0 heterocycles. The first kappa shape index (κ1) is 11.5. The average molecular weight is 192 g/mol. The lowest BCUT2D eigenvalue weighted by atomic mass is 10.7. The molecule has 13 heavy (non-hydrogen) atoms. The van der Waals surface area contributed by atoms with E-state index in [1.807, 2.05) is 5.32 Å². The highest BCUT2D eigenvalue weighted by molar-refractivity contribution is 5.74. The van der Waals surface area contributed by atoms with Gasteiger partial charge < -0.3 is 21.3 Å². The summed E-state index contributed by atoms with van der Waals surface area (Å²) in [5.74, 6) is 0. The minimum absolute atomic E-state index is 0.671. The third-order valence-electron chi connectivity index (χ3n) is 1.21. The van der Waals surface area contributed by atoms with Crippen molar-refractivity contribution in [1.82, 2.24) is 10.2 Å². The number of nitrogens with one attached hydrogen (secondary N) is 1. The van der Waals surface area contributed by atoms with Crippen molar-refractivity contribution >= 4 is 12.1 Å². The standard InChI is InChI=1S/C5H12N4O4/c1-13-5(8-3(6)11)9(2-10)4(7)12/h5,10H,2H2,1H3,(H2,7,12)(H3,6,8,11). The Kier molecular flexibility index (Phi) is 4.55. The zero-order chi connectivity index (χ0) is 10.4. The zero-order valence-electron chi connectivity index (χ0n) is 7.06. The lowest BCUT2D eigenvalue weighted by Crippen LogP contribution is -2.55. The largest absolute Gasteiger partial charge is 0.376 e. The maximum atomic E-state index is 10.6. The molecule has 0 spiro atoms. The van der Waals surface area contributed by atoms with Gasteiger partial charge in [0, 0.05) is 7.11 Å². The monoisotopic (exact) mass is 192 g/mol. The molecule has 4 amide bonds. The number of rotatable bonds is 4. The fourth-order valence-electron chi connectivity index (χ4n) is 0.645. The molecule has 8 heteroatoms. The predicted octanol–water partition coefficient (Wildman–Crippen LogP) is -2.08. The molecule has 1 atom stereocenters. The van der Waals surface area contributed by atoms with E-state index in [1.54, 1.807) is 0 Å². The van der Waals surface area contributed by atoms with Crippen LogP contribution in [0.3, 0.4) is 0 Å². The van der Waals surface area contributed by atoms with Gasteiger partial charge in [0.15, 0.2) is 0 Å². The fraction of sp³-hybridized carbons (Fsp3) is 0.600. The van der Waals surface area contributed by atoms with Gasteiger partial charge in [-0.3, -0.25) is 10.2 Å². The molecule has 0 saturated carbocycles. The van der Waals surface area contributed by atoms with Gasteiger partial charge in [-0.1, -0.05) is 0 Å². The SMILES string of the molecule is COC(NC(N)=O)N(CO)C(N)=O. The number of carbonyl (C=O) groups excluding carboxylic acids is 2. The lowest BCUT2D eigenvalue weighted by molar-refractivity contribution is -0.0525. The first-order valence-electron chi connectivity index (χ1n) is 3.28. The molecular formula is C5H12N4O4. The lowest BCUT2D eigenvalue weighted by Gasteiger charge is -2.26. The number of carbonyl (C=O) groups is 2. The Hall–Kier alpha value is -1.54. The van der Waals surface area contributed by atoms with Crippen LogP contribution in [0.4, 0.5) is 9.59 Å². The van der Waals surface area contributed by atoms with E-state index in [-0.39, 0.29) is 0 Å². The number of ether oxygens (including phenoxy) is 1. The molecule has 0 rings (SSSR count). The number of aliphatic hydroxyl groups excluding tert-OH is 1. The first-order valence-corrected chi connectivity index (χ1v) is 3.28. The Morgan fingerprint density at radius 2 is 2.15 bits per heavy atom. The number of nitrogens with two attached hydrogens (primary N) is 2. The number of amides is 4.